The van der Waals surface area contributed by atoms with E-state index in [2.05, 4.69) is 299 Å². The van der Waals surface area contributed by atoms with E-state index in [-0.39, 0.29) is 162 Å². The van der Waals surface area contributed by atoms with Gasteiger partial charge in [-0.15, -0.1) is 11.3 Å². The number of anilines is 1. The normalized spacial score (nSPS) is 27.1. The summed E-state index contributed by atoms with van der Waals surface area (Å²) in [5.41, 5.74) is 9.03. The van der Waals surface area contributed by atoms with Crippen LogP contribution in [0.1, 0.15) is 266 Å². The third-order valence-electron chi connectivity index (χ3n) is 30.4. The van der Waals surface area contributed by atoms with Crippen molar-refractivity contribution in [3.8, 4) is 0 Å². The second kappa shape index (κ2) is 57.4. The minimum Gasteiger partial charge on any atom is -0.394 e. The second-order valence-electron chi connectivity index (χ2n) is 50.9. The third kappa shape index (κ3) is 42.8. The van der Waals surface area contributed by atoms with E-state index in [1.807, 2.05) is 59.7 Å². The van der Waals surface area contributed by atoms with Crippen LogP contribution in [-0.4, -0.2) is 356 Å². The van der Waals surface area contributed by atoms with Crippen molar-refractivity contribution >= 4 is 68.0 Å². The van der Waals surface area contributed by atoms with Crippen molar-refractivity contribution in [2.75, 3.05) is 169 Å². The van der Waals surface area contributed by atoms with Gasteiger partial charge in [0.25, 0.3) is 0 Å². The summed E-state index contributed by atoms with van der Waals surface area (Å²) in [7, 11) is -3.03. The molecule has 9 saturated heterocycles. The first-order valence-electron chi connectivity index (χ1n) is 53.3. The van der Waals surface area contributed by atoms with Crippen LogP contribution in [0.15, 0.2) is 66.4 Å². The van der Waals surface area contributed by atoms with Crippen molar-refractivity contribution in [2.24, 2.45) is 94.5 Å². The minimum absolute atomic E-state index is 0. The first kappa shape index (κ1) is 132. The molecule has 1 aromatic carbocycles. The Balaban J connectivity index is 0.000000348. The number of urea groups is 1. The van der Waals surface area contributed by atoms with Gasteiger partial charge in [0, 0.05) is 224 Å². The van der Waals surface area contributed by atoms with E-state index >= 15 is 0 Å². The lowest BCUT2D eigenvalue weighted by Crippen LogP contribution is -2.45. The molecule has 14 N–H and O–H groups in total. The predicted octanol–water partition coefficient (Wildman–Crippen LogP) is 11.3. The number of nitrogens with one attached hydrogen (secondary N) is 8. The van der Waals surface area contributed by atoms with Crippen molar-refractivity contribution in [3.63, 3.8) is 0 Å². The highest BCUT2D eigenvalue weighted by molar-refractivity contribution is 7.88. The summed E-state index contributed by atoms with van der Waals surface area (Å²) in [4.78, 5) is 114. The highest BCUT2D eigenvalue weighted by Gasteiger charge is 2.58. The number of hydrogen-bond donors (Lipinski definition) is 13. The van der Waals surface area contributed by atoms with Crippen LogP contribution in [0.4, 0.5) is 9.93 Å². The molecule has 19 atom stereocenters. The Morgan fingerprint density at radius 1 is 0.466 bits per heavy atom. The molecule has 13 rings (SSSR count). The maximum Gasteiger partial charge on any atom is 0.315 e. The van der Waals surface area contributed by atoms with E-state index in [9.17, 15) is 52.2 Å². The van der Waals surface area contributed by atoms with Crippen molar-refractivity contribution < 1.29 is 62.4 Å². The van der Waals surface area contributed by atoms with Gasteiger partial charge in [-0.25, -0.2) is 22.9 Å². The molecule has 11 heterocycles. The number of carbonyl (C=O) groups excluding carboxylic acids is 7. The van der Waals surface area contributed by atoms with E-state index in [0.29, 0.717) is 96.5 Å². The number of hydrogen-bond acceptors (Lipinski definition) is 25. The summed E-state index contributed by atoms with van der Waals surface area (Å²) in [6.45, 7) is 87.8. The van der Waals surface area contributed by atoms with Crippen molar-refractivity contribution in [1.29, 1.82) is 0 Å². The molecule has 146 heavy (non-hydrogen) atoms. The minimum atomic E-state index is -3.03. The third-order valence-corrected chi connectivity index (χ3v) is 31.8. The van der Waals surface area contributed by atoms with E-state index in [1.165, 1.54) is 17.6 Å². The number of nitrogens with zero attached hydrogens (tertiary/aromatic N) is 11. The average Bonchev–Trinajstić information content (AvgIpc) is 1.57. The molecule has 1 aliphatic carbocycles. The number of piperidine rings is 1. The average molecular weight is 2090 g/mol. The molecule has 10 fully saturated rings. The number of aliphatic hydroxyl groups excluding tert-OH is 4. The zero-order valence-electron chi connectivity index (χ0n) is 94.8. The summed E-state index contributed by atoms with van der Waals surface area (Å²) < 4.78 is 24.5. The van der Waals surface area contributed by atoms with E-state index in [4.69, 9.17) is 15.9 Å². The Morgan fingerprint density at radius 3 is 1.21 bits per heavy atom. The molecule has 2 aromatic heterocycles. The number of aliphatic hydroxyl groups is 4. The summed E-state index contributed by atoms with van der Waals surface area (Å²) in [5, 5.41) is 59.6. The highest BCUT2D eigenvalue weighted by Crippen LogP contribution is 2.48. The van der Waals surface area contributed by atoms with Crippen LogP contribution in [0.2, 0.25) is 0 Å². The summed E-state index contributed by atoms with van der Waals surface area (Å²) in [6.07, 6.45) is 7.14. The molecule has 10 aliphatic rings. The lowest BCUT2D eigenvalue weighted by atomic mass is 9.96. The first-order chi connectivity index (χ1) is 66.4. The van der Waals surface area contributed by atoms with Gasteiger partial charge in [-0.2, -0.15) is 0 Å². The molecule has 0 spiro atoms. The standard InChI is InChI=1S/C18H28N2O2.C16H25N3O.C14H27N3O.C13H21N3OS.C13H26N2O3.C13H26N2O2.C12H23N3O.C10H22N2O2S.2CH4/c1-13-10-20(18(2,3)4)11-15(13)17(22)19-16(12-21)14-8-6-5-7-9-14;1-12-10-19(16(2,3)4)11-14(12)15(20)18-9-13-6-5-7-17-8-13;1-10-7-17(14(2,3)4)9-12(10)13(18)16-6-5-11(15)8-16;1-9-7-16(13(2,3)4)8-10(9)11(17)15-12-14-5-6-18-12;1-9-6-15(13(2,3)4)7-11(9)12(18)14-5-10(17)8-16;1-9-7-15(13(3,4)5)8-11(9)12(17)14-6-10(2)16;1-5-13-11(16)14-10-8-6-15(7-9(8)10)12(2,3)4;1-10(2,3)12-6-5-9(8-12)7-11-15(4,13)14;;/h5-9,13,15-16,21H,10-12H2,1-4H3,(H,19,22);5-8,12,14H,9-11H2,1-4H3,(H,18,20);10-12H,5-9,15H2,1-4H3;5-6,9-10H,7-8H2,1-4H3,(H,14,15,17);9-11,16-17H,5-8H2,1-4H3,(H,14,18);9-11,16H,6-8H2,1-5H3,(H,14,17);8-10H,5-7H2,1-4H3,(H2,13,14,16);9,11H,5-8H2,1-4H3;2*1H4/t13-,15+,16-;12-,14+;10-,11+,12+;9-,10+;2*9-,10?,11+;;;;/m000000..../s1. The predicted molar refractivity (Wildman–Crippen MR) is 595 cm³/mol. The van der Waals surface area contributed by atoms with Gasteiger partial charge >= 0.3 is 6.03 Å². The molecule has 840 valence electrons. The van der Waals surface area contributed by atoms with Crippen molar-refractivity contribution in [1.82, 2.24) is 90.7 Å². The Labute approximate surface area is 887 Å². The molecular formula is C111H206N20O13S2. The molecule has 9 aliphatic heterocycles. The second-order valence-corrected chi connectivity index (χ2v) is 53.6. The number of rotatable bonds is 22. The highest BCUT2D eigenvalue weighted by atomic mass is 32.2. The number of benzene rings is 1. The Hall–Kier alpha value is -6.52. The van der Waals surface area contributed by atoms with Crippen LogP contribution < -0.4 is 47.7 Å². The summed E-state index contributed by atoms with van der Waals surface area (Å²) >= 11 is 1.46. The monoisotopic (exact) mass is 2090 g/mol. The number of thiazole rings is 1. The van der Waals surface area contributed by atoms with Crippen LogP contribution >= 0.6 is 11.3 Å². The summed E-state index contributed by atoms with van der Waals surface area (Å²) in [6, 6.07) is 13.8. The fourth-order valence-electron chi connectivity index (χ4n) is 20.2. The van der Waals surface area contributed by atoms with Gasteiger partial charge in [0.15, 0.2) is 5.13 Å². The van der Waals surface area contributed by atoms with Gasteiger partial charge < -0.3 is 68.3 Å². The largest absolute Gasteiger partial charge is 0.394 e. The number of fused-ring (bicyclic) bond motifs is 1. The molecule has 1 saturated carbocycles. The lowest BCUT2D eigenvalue weighted by molar-refractivity contribution is -0.135. The van der Waals surface area contributed by atoms with Gasteiger partial charge in [-0.3, -0.25) is 73.0 Å². The molecule has 0 radical (unpaired) electrons. The number of aromatic nitrogens is 2. The van der Waals surface area contributed by atoms with Crippen LogP contribution in [0.3, 0.4) is 0 Å². The molecule has 35 heteroatoms. The van der Waals surface area contributed by atoms with Crippen LogP contribution in [0.25, 0.3) is 0 Å². The molecule has 5 unspecified atom stereocenters. The molecule has 33 nitrogen and oxygen atoms in total. The van der Waals surface area contributed by atoms with Crippen LogP contribution in [0, 0.1) is 88.8 Å². The summed E-state index contributed by atoms with van der Waals surface area (Å²) in [5.74, 6) is 5.08. The SMILES string of the molecule is C.C.CC(C)(C)N1CCC(CNS(C)(=O)=O)C1.CC(O)CNC(=O)[C@@H]1CN(C(C)(C)C)C[C@@H]1C.CCNC(=O)NC1C2CN(C(C)(C)C)CC21.C[C@H]1CN(C(C)(C)C)C[C@H]1C(=O)N1CC[C@@H](N)C1.C[C@H]1CN(C(C)(C)C)C[C@H]1C(=O)NCC(O)CO.C[C@H]1CN(C(C)(C)C)C[C@H]1C(=O)NCc1cccnc1.C[C@H]1CN(C(C)(C)C)C[C@H]1C(=O)N[C@@H](CO)c1ccccc1.C[C@H]1CN(C(C)(C)C)C[C@H]1C(=O)Nc1nccs1. The zero-order valence-corrected chi connectivity index (χ0v) is 96.4. The van der Waals surface area contributed by atoms with Gasteiger partial charge in [-0.1, -0.05) is 92.8 Å². The number of likely N-dealkylation sites (tertiary alicyclic amines) is 9. The van der Waals surface area contributed by atoms with Crippen LogP contribution in [-0.2, 0) is 45.3 Å². The quantitative estimate of drug-likeness (QED) is 0.0444. The fraction of sp³-hybridized carbons (Fsp3) is 0.811. The first-order valence-corrected chi connectivity index (χ1v) is 56.1. The Kier molecular flexibility index (Phi) is 51.8. The van der Waals surface area contributed by atoms with Crippen molar-refractivity contribution in [2.45, 2.75) is 330 Å². The number of sulfonamides is 1. The van der Waals surface area contributed by atoms with Crippen molar-refractivity contribution in [3.05, 3.63) is 77.6 Å². The lowest BCUT2D eigenvalue weighted by Gasteiger charge is -2.33. The maximum absolute atomic E-state index is 12.6. The molecule has 3 aromatic rings. The number of carbonyl (C=O) groups is 7. The zero-order chi connectivity index (χ0) is 109. The van der Waals surface area contributed by atoms with E-state index < -0.39 is 22.2 Å². The fourth-order valence-corrected chi connectivity index (χ4v) is 21.2. The van der Waals surface area contributed by atoms with E-state index in [1.54, 1.807) is 25.5 Å². The van der Waals surface area contributed by atoms with Gasteiger partial charge in [-0.05, 0) is 270 Å². The van der Waals surface area contributed by atoms with Crippen LogP contribution in [0.5, 0.6) is 0 Å². The topological polar surface area (TPSA) is 412 Å². The molecule has 0 bridgehead atoms. The Morgan fingerprint density at radius 2 is 0.863 bits per heavy atom. The number of pyridine rings is 1. The van der Waals surface area contributed by atoms with Gasteiger partial charge in [0.2, 0.25) is 45.5 Å². The molecular weight excluding hydrogens is 1890 g/mol. The van der Waals surface area contributed by atoms with Gasteiger partial charge in [0.1, 0.15) is 0 Å². The number of nitrogens with two attached hydrogens (primary N) is 1. The Bertz CT molecular complexity index is 4500. The van der Waals surface area contributed by atoms with Gasteiger partial charge in [0.05, 0.1) is 73.2 Å². The molecule has 8 amide bonds. The van der Waals surface area contributed by atoms with E-state index in [0.717, 1.165) is 142 Å². The maximum atomic E-state index is 12.6. The number of amides is 8. The smallest absolute Gasteiger partial charge is 0.315 e.